The quantitative estimate of drug-likeness (QED) is 0.562. The maximum absolute atomic E-state index is 13.0. The summed E-state index contributed by atoms with van der Waals surface area (Å²) in [6.45, 7) is 2.19. The van der Waals surface area contributed by atoms with Crippen molar-refractivity contribution in [3.05, 3.63) is 65.9 Å². The molecule has 150 valence electrons. The number of carbonyl (C=O) groups is 1. The monoisotopic (exact) mass is 390 g/mol. The van der Waals surface area contributed by atoms with Gasteiger partial charge in [-0.2, -0.15) is 0 Å². The SMILES string of the molecule is CCCCc1ccc(NC(=O)C2(c3cc(-c4cccc(OC)c4)on3)CC2)cc1. The molecule has 2 aromatic carbocycles. The standard InChI is InChI=1S/C24H26N2O3/c1-3-4-6-17-9-11-19(12-10-17)25-23(27)24(13-14-24)22-16-21(29-26-22)18-7-5-8-20(15-18)28-2/h5,7-12,15-16H,3-4,6,13-14H2,1-2H3,(H,25,27). The first-order valence-corrected chi connectivity index (χ1v) is 10.2. The van der Waals surface area contributed by atoms with Crippen LogP contribution in [0.15, 0.2) is 59.1 Å². The molecule has 0 radical (unpaired) electrons. The van der Waals surface area contributed by atoms with Crippen molar-refractivity contribution in [2.45, 2.75) is 44.4 Å². The Balaban J connectivity index is 1.47. The molecule has 1 amide bonds. The molecular weight excluding hydrogens is 364 g/mol. The van der Waals surface area contributed by atoms with E-state index in [2.05, 4.69) is 29.5 Å². The van der Waals surface area contributed by atoms with Crippen LogP contribution < -0.4 is 10.1 Å². The highest BCUT2D eigenvalue weighted by molar-refractivity contribution is 6.01. The van der Waals surface area contributed by atoms with Crippen LogP contribution in [0.25, 0.3) is 11.3 Å². The zero-order valence-electron chi connectivity index (χ0n) is 16.9. The van der Waals surface area contributed by atoms with Gasteiger partial charge in [-0.1, -0.05) is 42.8 Å². The van der Waals surface area contributed by atoms with Crippen LogP contribution in [-0.2, 0) is 16.6 Å². The summed E-state index contributed by atoms with van der Waals surface area (Å²) < 4.78 is 10.8. The highest BCUT2D eigenvalue weighted by atomic mass is 16.5. The van der Waals surface area contributed by atoms with Crippen LogP contribution in [-0.4, -0.2) is 18.2 Å². The topological polar surface area (TPSA) is 64.4 Å². The number of benzene rings is 2. The molecule has 1 aliphatic carbocycles. The lowest BCUT2D eigenvalue weighted by Gasteiger charge is -2.13. The summed E-state index contributed by atoms with van der Waals surface area (Å²) in [6, 6.07) is 17.6. The van der Waals surface area contributed by atoms with Gasteiger partial charge in [-0.15, -0.1) is 0 Å². The lowest BCUT2D eigenvalue weighted by Crippen LogP contribution is -2.28. The molecule has 0 spiro atoms. The Morgan fingerprint density at radius 1 is 1.17 bits per heavy atom. The third kappa shape index (κ3) is 4.04. The molecule has 0 aliphatic heterocycles. The molecule has 1 N–H and O–H groups in total. The first-order valence-electron chi connectivity index (χ1n) is 10.2. The minimum atomic E-state index is -0.596. The fraction of sp³-hybridized carbons (Fsp3) is 0.333. The summed E-state index contributed by atoms with van der Waals surface area (Å²) in [4.78, 5) is 13.0. The Morgan fingerprint density at radius 2 is 1.97 bits per heavy atom. The zero-order valence-corrected chi connectivity index (χ0v) is 16.9. The Morgan fingerprint density at radius 3 is 2.66 bits per heavy atom. The number of carbonyl (C=O) groups excluding carboxylic acids is 1. The molecule has 5 heteroatoms. The molecular formula is C24H26N2O3. The van der Waals surface area contributed by atoms with Gasteiger partial charge in [-0.3, -0.25) is 4.79 Å². The minimum Gasteiger partial charge on any atom is -0.497 e. The van der Waals surface area contributed by atoms with Crippen LogP contribution in [0.2, 0.25) is 0 Å². The molecule has 0 atom stereocenters. The second kappa shape index (κ2) is 8.11. The Bertz CT molecular complexity index is 987. The lowest BCUT2D eigenvalue weighted by molar-refractivity contribution is -0.118. The summed E-state index contributed by atoms with van der Waals surface area (Å²) in [5.74, 6) is 1.37. The van der Waals surface area contributed by atoms with Crippen molar-refractivity contribution in [2.75, 3.05) is 12.4 Å². The number of aromatic nitrogens is 1. The molecule has 0 unspecified atom stereocenters. The average molecular weight is 390 g/mol. The number of methoxy groups -OCH3 is 1. The van der Waals surface area contributed by atoms with Gasteiger partial charge in [-0.25, -0.2) is 0 Å². The fourth-order valence-corrected chi connectivity index (χ4v) is 3.52. The van der Waals surface area contributed by atoms with E-state index in [1.165, 1.54) is 18.4 Å². The number of amides is 1. The predicted octanol–water partition coefficient (Wildman–Crippen LogP) is 5.36. The smallest absolute Gasteiger partial charge is 0.236 e. The molecule has 1 fully saturated rings. The van der Waals surface area contributed by atoms with E-state index in [0.717, 1.165) is 36.3 Å². The number of unbranched alkanes of at least 4 members (excludes halogenated alkanes) is 1. The van der Waals surface area contributed by atoms with E-state index in [1.807, 2.05) is 42.5 Å². The van der Waals surface area contributed by atoms with E-state index >= 15 is 0 Å². The summed E-state index contributed by atoms with van der Waals surface area (Å²) >= 11 is 0. The molecule has 0 saturated heterocycles. The molecule has 29 heavy (non-hydrogen) atoms. The first kappa shape index (κ1) is 19.2. The van der Waals surface area contributed by atoms with Gasteiger partial charge in [0.05, 0.1) is 18.2 Å². The first-order chi connectivity index (χ1) is 14.1. The molecule has 1 saturated carbocycles. The van der Waals surface area contributed by atoms with Gasteiger partial charge >= 0.3 is 0 Å². The summed E-state index contributed by atoms with van der Waals surface area (Å²) in [5, 5.41) is 7.27. The number of anilines is 1. The Hall–Kier alpha value is -3.08. The van der Waals surface area contributed by atoms with Crippen LogP contribution >= 0.6 is 0 Å². The van der Waals surface area contributed by atoms with E-state index in [4.69, 9.17) is 9.26 Å². The van der Waals surface area contributed by atoms with E-state index in [1.54, 1.807) is 7.11 Å². The maximum atomic E-state index is 13.0. The highest BCUT2D eigenvalue weighted by Crippen LogP contribution is 2.49. The van der Waals surface area contributed by atoms with Crippen LogP contribution in [0.3, 0.4) is 0 Å². The largest absolute Gasteiger partial charge is 0.497 e. The number of hydrogen-bond acceptors (Lipinski definition) is 4. The Labute approximate surface area is 171 Å². The van der Waals surface area contributed by atoms with E-state index in [9.17, 15) is 4.79 Å². The van der Waals surface area contributed by atoms with Gasteiger partial charge in [0.15, 0.2) is 5.76 Å². The number of aryl methyl sites for hydroxylation is 1. The molecule has 1 aliphatic rings. The van der Waals surface area contributed by atoms with Gasteiger partial charge in [0.2, 0.25) is 5.91 Å². The molecule has 3 aromatic rings. The van der Waals surface area contributed by atoms with Crippen molar-refractivity contribution in [3.8, 4) is 17.1 Å². The molecule has 1 heterocycles. The van der Waals surface area contributed by atoms with Crippen molar-refractivity contribution in [3.63, 3.8) is 0 Å². The van der Waals surface area contributed by atoms with Crippen molar-refractivity contribution >= 4 is 11.6 Å². The molecule has 4 rings (SSSR count). The van der Waals surface area contributed by atoms with Crippen molar-refractivity contribution in [2.24, 2.45) is 0 Å². The van der Waals surface area contributed by atoms with Gasteiger partial charge in [0.25, 0.3) is 0 Å². The van der Waals surface area contributed by atoms with Crippen molar-refractivity contribution in [1.82, 2.24) is 5.16 Å². The van der Waals surface area contributed by atoms with Crippen LogP contribution in [0, 0.1) is 0 Å². The summed E-state index contributed by atoms with van der Waals surface area (Å²) in [5.41, 5.74) is 3.08. The predicted molar refractivity (Wildman–Crippen MR) is 113 cm³/mol. The Kier molecular flexibility index (Phi) is 5.38. The molecule has 5 nitrogen and oxygen atoms in total. The normalized spacial score (nSPS) is 14.4. The van der Waals surface area contributed by atoms with Crippen molar-refractivity contribution in [1.29, 1.82) is 0 Å². The van der Waals surface area contributed by atoms with Gasteiger partial charge in [0, 0.05) is 17.3 Å². The number of rotatable bonds is 8. The van der Waals surface area contributed by atoms with Gasteiger partial charge in [0.1, 0.15) is 5.75 Å². The van der Waals surface area contributed by atoms with E-state index in [-0.39, 0.29) is 5.91 Å². The molecule has 0 bridgehead atoms. The second-order valence-electron chi connectivity index (χ2n) is 7.65. The minimum absolute atomic E-state index is 0.0238. The summed E-state index contributed by atoms with van der Waals surface area (Å²) in [6.07, 6.45) is 4.97. The number of nitrogens with zero attached hydrogens (tertiary/aromatic N) is 1. The second-order valence-corrected chi connectivity index (χ2v) is 7.65. The van der Waals surface area contributed by atoms with Crippen LogP contribution in [0.1, 0.15) is 43.9 Å². The third-order valence-corrected chi connectivity index (χ3v) is 5.57. The van der Waals surface area contributed by atoms with Gasteiger partial charge in [-0.05, 0) is 55.5 Å². The van der Waals surface area contributed by atoms with Crippen molar-refractivity contribution < 1.29 is 14.1 Å². The lowest BCUT2D eigenvalue weighted by atomic mass is 10.00. The number of ether oxygens (including phenoxy) is 1. The van der Waals surface area contributed by atoms with E-state index in [0.29, 0.717) is 11.5 Å². The molecule has 1 aromatic heterocycles. The maximum Gasteiger partial charge on any atom is 0.236 e. The van der Waals surface area contributed by atoms with Crippen LogP contribution in [0.5, 0.6) is 5.75 Å². The average Bonchev–Trinajstić information content (AvgIpc) is 3.43. The van der Waals surface area contributed by atoms with E-state index < -0.39 is 5.41 Å². The zero-order chi connectivity index (χ0) is 20.3. The highest BCUT2D eigenvalue weighted by Gasteiger charge is 2.53. The van der Waals surface area contributed by atoms with Gasteiger partial charge < -0.3 is 14.6 Å². The third-order valence-electron chi connectivity index (χ3n) is 5.57. The fourth-order valence-electron chi connectivity index (χ4n) is 3.52. The summed E-state index contributed by atoms with van der Waals surface area (Å²) in [7, 11) is 1.63. The number of nitrogens with one attached hydrogen (secondary N) is 1. The van der Waals surface area contributed by atoms with Crippen LogP contribution in [0.4, 0.5) is 5.69 Å². The number of hydrogen-bond donors (Lipinski definition) is 1.